The summed E-state index contributed by atoms with van der Waals surface area (Å²) in [5, 5.41) is 3.73. The van der Waals surface area contributed by atoms with Crippen molar-refractivity contribution < 1.29 is 9.18 Å². The normalized spacial score (nSPS) is 18.7. The second-order valence-corrected chi connectivity index (χ2v) is 11.7. The number of nitrogens with one attached hydrogen (secondary N) is 2. The molecule has 1 amide bonds. The Hall–Kier alpha value is -1.50. The van der Waals surface area contributed by atoms with Crippen molar-refractivity contribution in [1.82, 2.24) is 20.3 Å². The highest BCUT2D eigenvalue weighted by atomic mass is 127. The maximum absolute atomic E-state index is 14.0. The van der Waals surface area contributed by atoms with E-state index in [-0.39, 0.29) is 11.7 Å². The van der Waals surface area contributed by atoms with Crippen LogP contribution >= 0.6 is 45.2 Å². The molecule has 3 heterocycles. The van der Waals surface area contributed by atoms with E-state index in [0.717, 1.165) is 55.4 Å². The Bertz CT molecular complexity index is 1200. The van der Waals surface area contributed by atoms with E-state index in [1.54, 1.807) is 12.2 Å². The third-order valence-electron chi connectivity index (χ3n) is 7.15. The number of hydrazine groups is 1. The Morgan fingerprint density at radius 1 is 1.06 bits per heavy atom. The van der Waals surface area contributed by atoms with Crippen LogP contribution < -0.4 is 5.43 Å². The zero-order chi connectivity index (χ0) is 24.4. The summed E-state index contributed by atoms with van der Waals surface area (Å²) in [6.45, 7) is 3.56. The van der Waals surface area contributed by atoms with Crippen LogP contribution in [0.4, 0.5) is 4.39 Å². The molecule has 2 aromatic carbocycles. The number of nitrogens with zero attached hydrogens (tertiary/aromatic N) is 2. The fraction of sp³-hybridized carbons (Fsp3) is 0.370. The molecular formula is C27H29FI2N4O. The van der Waals surface area contributed by atoms with Crippen molar-refractivity contribution in [2.45, 2.75) is 37.6 Å². The second kappa shape index (κ2) is 11.3. The number of aromatic amines is 1. The summed E-state index contributed by atoms with van der Waals surface area (Å²) in [5.74, 6) is 0.347. The van der Waals surface area contributed by atoms with Crippen molar-refractivity contribution in [2.75, 3.05) is 26.2 Å². The van der Waals surface area contributed by atoms with Gasteiger partial charge in [-0.3, -0.25) is 10.2 Å². The van der Waals surface area contributed by atoms with Crippen molar-refractivity contribution in [1.29, 1.82) is 0 Å². The minimum Gasteiger partial charge on any atom is -0.361 e. The quantitative estimate of drug-likeness (QED) is 0.198. The largest absolute Gasteiger partial charge is 0.361 e. The number of halogens is 3. The number of hydrogen-bond donors (Lipinski definition) is 2. The summed E-state index contributed by atoms with van der Waals surface area (Å²) in [5.41, 5.74) is 7.11. The van der Waals surface area contributed by atoms with Gasteiger partial charge in [0.15, 0.2) is 0 Å². The van der Waals surface area contributed by atoms with Gasteiger partial charge >= 0.3 is 0 Å². The van der Waals surface area contributed by atoms with Crippen LogP contribution in [0.1, 0.15) is 42.7 Å². The lowest BCUT2D eigenvalue weighted by Crippen LogP contribution is -2.52. The maximum Gasteiger partial charge on any atom is 0.246 e. The number of rotatable bonds is 5. The Morgan fingerprint density at radius 3 is 2.54 bits per heavy atom. The number of aromatic nitrogens is 1. The number of benzene rings is 2. The molecule has 184 valence electrons. The smallest absolute Gasteiger partial charge is 0.246 e. The third kappa shape index (κ3) is 5.91. The minimum absolute atomic E-state index is 0.00282. The Labute approximate surface area is 232 Å². The Morgan fingerprint density at radius 2 is 1.80 bits per heavy atom. The summed E-state index contributed by atoms with van der Waals surface area (Å²) in [7, 11) is 0. The molecule has 2 fully saturated rings. The number of carbonyl (C=O) groups is 1. The average Bonchev–Trinajstić information content (AvgIpc) is 3.31. The SMILES string of the molecule is O=C(/C=C/c1cc(F)c(I)c(I)c1)N1CCC(NN2CCC(c3c[nH]c4ccccc34)CC2)CC1. The van der Waals surface area contributed by atoms with E-state index in [9.17, 15) is 9.18 Å². The summed E-state index contributed by atoms with van der Waals surface area (Å²) in [6.07, 6.45) is 9.66. The molecule has 0 atom stereocenters. The molecule has 2 N–H and O–H groups in total. The van der Waals surface area contributed by atoms with Crippen LogP contribution in [0.3, 0.4) is 0 Å². The van der Waals surface area contributed by atoms with Gasteiger partial charge in [0.2, 0.25) is 5.91 Å². The van der Waals surface area contributed by atoms with E-state index < -0.39 is 0 Å². The highest BCUT2D eigenvalue weighted by Crippen LogP contribution is 2.33. The molecule has 0 aliphatic carbocycles. The van der Waals surface area contributed by atoms with E-state index in [2.05, 4.69) is 68.5 Å². The molecule has 5 nitrogen and oxygen atoms in total. The third-order valence-corrected chi connectivity index (χ3v) is 10.1. The van der Waals surface area contributed by atoms with Crippen molar-refractivity contribution in [3.05, 3.63) is 72.8 Å². The number of hydrogen-bond acceptors (Lipinski definition) is 3. The monoisotopic (exact) mass is 698 g/mol. The van der Waals surface area contributed by atoms with Crippen LogP contribution in [0.2, 0.25) is 0 Å². The number of fused-ring (bicyclic) bond motifs is 1. The van der Waals surface area contributed by atoms with Crippen LogP contribution in [0.25, 0.3) is 17.0 Å². The van der Waals surface area contributed by atoms with Gasteiger partial charge in [0.1, 0.15) is 5.82 Å². The number of piperidine rings is 2. The molecule has 0 bridgehead atoms. The van der Waals surface area contributed by atoms with Gasteiger partial charge in [-0.15, -0.1) is 0 Å². The van der Waals surface area contributed by atoms with Crippen LogP contribution in [0.15, 0.2) is 48.7 Å². The van der Waals surface area contributed by atoms with E-state index >= 15 is 0 Å². The van der Waals surface area contributed by atoms with E-state index in [0.29, 0.717) is 21.1 Å². The maximum atomic E-state index is 14.0. The fourth-order valence-electron chi connectivity index (χ4n) is 5.18. The van der Waals surface area contributed by atoms with Gasteiger partial charge in [0.05, 0.1) is 3.57 Å². The van der Waals surface area contributed by atoms with Crippen LogP contribution in [-0.4, -0.2) is 53.0 Å². The van der Waals surface area contributed by atoms with Crippen molar-refractivity contribution in [3.8, 4) is 0 Å². The first-order chi connectivity index (χ1) is 17.0. The van der Waals surface area contributed by atoms with Gasteiger partial charge in [0, 0.05) is 59.0 Å². The highest BCUT2D eigenvalue weighted by molar-refractivity contribution is 14.1. The number of likely N-dealkylation sites (tertiary alicyclic amines) is 1. The molecule has 0 spiro atoms. The summed E-state index contributed by atoms with van der Waals surface area (Å²) >= 11 is 4.12. The molecular weight excluding hydrogens is 669 g/mol. The molecule has 2 aliphatic rings. The first kappa shape index (κ1) is 25.2. The molecule has 3 aromatic rings. The molecule has 0 radical (unpaired) electrons. The van der Waals surface area contributed by atoms with Crippen molar-refractivity contribution in [3.63, 3.8) is 0 Å². The van der Waals surface area contributed by atoms with Gasteiger partial charge in [-0.05, 0) is 112 Å². The number of para-hydroxylation sites is 1. The molecule has 2 aliphatic heterocycles. The zero-order valence-electron chi connectivity index (χ0n) is 19.4. The zero-order valence-corrected chi connectivity index (χ0v) is 23.8. The van der Waals surface area contributed by atoms with Crippen LogP contribution in [-0.2, 0) is 4.79 Å². The predicted molar refractivity (Wildman–Crippen MR) is 155 cm³/mol. The first-order valence-electron chi connectivity index (χ1n) is 12.2. The summed E-state index contributed by atoms with van der Waals surface area (Å²) in [6, 6.07) is 12.3. The van der Waals surface area contributed by atoms with Crippen LogP contribution in [0.5, 0.6) is 0 Å². The van der Waals surface area contributed by atoms with E-state index in [4.69, 9.17) is 0 Å². The van der Waals surface area contributed by atoms with Gasteiger partial charge in [-0.25, -0.2) is 9.40 Å². The fourth-order valence-corrected chi connectivity index (χ4v) is 6.11. The molecule has 2 saturated heterocycles. The van der Waals surface area contributed by atoms with Crippen molar-refractivity contribution in [2.24, 2.45) is 0 Å². The topological polar surface area (TPSA) is 51.4 Å². The van der Waals surface area contributed by atoms with Gasteiger partial charge in [-0.2, -0.15) is 0 Å². The number of amides is 1. The first-order valence-corrected chi connectivity index (χ1v) is 14.3. The number of H-pyrrole nitrogens is 1. The average molecular weight is 698 g/mol. The molecule has 0 unspecified atom stereocenters. The lowest BCUT2D eigenvalue weighted by molar-refractivity contribution is -0.127. The second-order valence-electron chi connectivity index (χ2n) is 9.41. The standard InChI is InChI=1S/C27H29FI2N4O/c28-23-15-18(16-24(29)27(23)30)5-6-26(35)33-11-9-20(10-12-33)32-34-13-7-19(8-14-34)22-17-31-25-4-2-1-3-21(22)25/h1-6,15-17,19-20,31-32H,7-14H2/b6-5+. The van der Waals surface area contributed by atoms with Crippen LogP contribution in [0, 0.1) is 13.0 Å². The predicted octanol–water partition coefficient (Wildman–Crippen LogP) is 5.90. The number of carbonyl (C=O) groups excluding carboxylic acids is 1. The summed E-state index contributed by atoms with van der Waals surface area (Å²) in [4.78, 5) is 18.0. The van der Waals surface area contributed by atoms with E-state index in [1.807, 2.05) is 33.6 Å². The Kier molecular flexibility index (Phi) is 8.10. The Balaban J connectivity index is 1.08. The minimum atomic E-state index is -0.248. The highest BCUT2D eigenvalue weighted by Gasteiger charge is 2.26. The lowest BCUT2D eigenvalue weighted by Gasteiger charge is -2.38. The molecule has 35 heavy (non-hydrogen) atoms. The van der Waals surface area contributed by atoms with Gasteiger partial charge in [0.25, 0.3) is 0 Å². The molecule has 0 saturated carbocycles. The van der Waals surface area contributed by atoms with E-state index in [1.165, 1.54) is 22.5 Å². The van der Waals surface area contributed by atoms with Crippen molar-refractivity contribution >= 4 is 68.1 Å². The molecule has 1 aromatic heterocycles. The van der Waals surface area contributed by atoms with Gasteiger partial charge in [-0.1, -0.05) is 18.2 Å². The van der Waals surface area contributed by atoms with Gasteiger partial charge < -0.3 is 9.88 Å². The lowest BCUT2D eigenvalue weighted by atomic mass is 9.89. The molecule has 8 heteroatoms. The molecule has 5 rings (SSSR count). The summed E-state index contributed by atoms with van der Waals surface area (Å²) < 4.78 is 15.4.